The fourth-order valence-corrected chi connectivity index (χ4v) is 3.49. The lowest BCUT2D eigenvalue weighted by molar-refractivity contribution is 0.0741. The van der Waals surface area contributed by atoms with E-state index in [1.165, 1.54) is 5.56 Å². The summed E-state index contributed by atoms with van der Waals surface area (Å²) < 4.78 is 0. The molecular formula is C20H20ClN5O. The van der Waals surface area contributed by atoms with E-state index in [0.717, 1.165) is 29.5 Å². The van der Waals surface area contributed by atoms with E-state index in [1.807, 2.05) is 41.3 Å². The van der Waals surface area contributed by atoms with Crippen molar-refractivity contribution in [2.24, 2.45) is 0 Å². The summed E-state index contributed by atoms with van der Waals surface area (Å²) in [5.41, 5.74) is 4.23. The van der Waals surface area contributed by atoms with Gasteiger partial charge in [0.15, 0.2) is 0 Å². The van der Waals surface area contributed by atoms with Crippen molar-refractivity contribution in [3.05, 3.63) is 64.9 Å². The predicted molar refractivity (Wildman–Crippen MR) is 106 cm³/mol. The largest absolute Gasteiger partial charge is 0.368 e. The Bertz CT molecular complexity index is 948. The molecule has 1 aliphatic rings. The number of amides is 1. The summed E-state index contributed by atoms with van der Waals surface area (Å²) in [6.45, 7) is 4.93. The number of hydrogen-bond donors (Lipinski definition) is 1. The van der Waals surface area contributed by atoms with Crippen molar-refractivity contribution in [2.75, 3.05) is 31.1 Å². The SMILES string of the molecule is Cc1ccc(Cl)cc1N1CCN(C(=O)c2cc(-c3ccccn3)n[nH]2)CC1. The van der Waals surface area contributed by atoms with Crippen LogP contribution in [0.25, 0.3) is 11.4 Å². The summed E-state index contributed by atoms with van der Waals surface area (Å²) in [5.74, 6) is -0.0350. The van der Waals surface area contributed by atoms with E-state index in [9.17, 15) is 4.79 Å². The third-order valence-electron chi connectivity index (χ3n) is 4.81. The molecule has 7 heteroatoms. The molecule has 138 valence electrons. The number of H-pyrrole nitrogens is 1. The maximum absolute atomic E-state index is 12.8. The number of nitrogens with zero attached hydrogens (tertiary/aromatic N) is 4. The number of benzene rings is 1. The zero-order valence-corrected chi connectivity index (χ0v) is 15.8. The van der Waals surface area contributed by atoms with Gasteiger partial charge in [-0.25, -0.2) is 0 Å². The highest BCUT2D eigenvalue weighted by Gasteiger charge is 2.24. The molecule has 1 N–H and O–H groups in total. The third-order valence-corrected chi connectivity index (χ3v) is 5.05. The molecule has 2 aromatic heterocycles. The summed E-state index contributed by atoms with van der Waals surface area (Å²) >= 11 is 6.14. The number of nitrogens with one attached hydrogen (secondary N) is 1. The Kier molecular flexibility index (Phi) is 4.81. The smallest absolute Gasteiger partial charge is 0.272 e. The molecule has 1 amide bonds. The number of anilines is 1. The minimum atomic E-state index is -0.0350. The molecule has 1 aromatic carbocycles. The van der Waals surface area contributed by atoms with E-state index < -0.39 is 0 Å². The monoisotopic (exact) mass is 381 g/mol. The van der Waals surface area contributed by atoms with E-state index >= 15 is 0 Å². The molecule has 3 aromatic rings. The average molecular weight is 382 g/mol. The fourth-order valence-electron chi connectivity index (χ4n) is 3.32. The van der Waals surface area contributed by atoms with E-state index in [4.69, 9.17) is 11.6 Å². The van der Waals surface area contributed by atoms with Crippen molar-refractivity contribution in [3.63, 3.8) is 0 Å². The van der Waals surface area contributed by atoms with Crippen LogP contribution < -0.4 is 4.90 Å². The van der Waals surface area contributed by atoms with Crippen LogP contribution in [0.3, 0.4) is 0 Å². The normalized spacial score (nSPS) is 14.4. The van der Waals surface area contributed by atoms with Gasteiger partial charge in [0.1, 0.15) is 11.4 Å². The molecule has 0 aliphatic carbocycles. The van der Waals surface area contributed by atoms with Gasteiger partial charge in [0.25, 0.3) is 5.91 Å². The first kappa shape index (κ1) is 17.5. The van der Waals surface area contributed by atoms with Crippen LogP contribution in [0.1, 0.15) is 16.1 Å². The Balaban J connectivity index is 1.43. The topological polar surface area (TPSA) is 65.1 Å². The Hall–Kier alpha value is -2.86. The van der Waals surface area contributed by atoms with Crippen LogP contribution in [0.15, 0.2) is 48.7 Å². The van der Waals surface area contributed by atoms with Gasteiger partial charge in [0, 0.05) is 43.1 Å². The lowest BCUT2D eigenvalue weighted by atomic mass is 10.1. The second-order valence-electron chi connectivity index (χ2n) is 6.59. The highest BCUT2D eigenvalue weighted by atomic mass is 35.5. The van der Waals surface area contributed by atoms with Gasteiger partial charge in [-0.05, 0) is 42.8 Å². The van der Waals surface area contributed by atoms with Crippen LogP contribution in [0, 0.1) is 6.92 Å². The first-order chi connectivity index (χ1) is 13.1. The second-order valence-corrected chi connectivity index (χ2v) is 7.03. The van der Waals surface area contributed by atoms with Gasteiger partial charge in [0.05, 0.1) is 5.69 Å². The van der Waals surface area contributed by atoms with Crippen molar-refractivity contribution in [1.82, 2.24) is 20.1 Å². The van der Waals surface area contributed by atoms with Gasteiger partial charge in [-0.1, -0.05) is 23.7 Å². The molecule has 1 fully saturated rings. The zero-order chi connectivity index (χ0) is 18.8. The average Bonchev–Trinajstić information content (AvgIpc) is 3.20. The Morgan fingerprint density at radius 1 is 1.07 bits per heavy atom. The molecule has 3 heterocycles. The summed E-state index contributed by atoms with van der Waals surface area (Å²) in [4.78, 5) is 21.2. The molecular weight excluding hydrogens is 362 g/mol. The number of carbonyl (C=O) groups excluding carboxylic acids is 1. The summed E-state index contributed by atoms with van der Waals surface area (Å²) in [6, 6.07) is 13.3. The van der Waals surface area contributed by atoms with Gasteiger partial charge < -0.3 is 9.80 Å². The van der Waals surface area contributed by atoms with Crippen LogP contribution >= 0.6 is 11.6 Å². The predicted octanol–water partition coefficient (Wildman–Crippen LogP) is 3.40. The first-order valence-electron chi connectivity index (χ1n) is 8.89. The van der Waals surface area contributed by atoms with Crippen LogP contribution in [0.5, 0.6) is 0 Å². The van der Waals surface area contributed by atoms with E-state index in [-0.39, 0.29) is 5.91 Å². The Labute approximate surface area is 162 Å². The minimum absolute atomic E-state index is 0.0350. The van der Waals surface area contributed by atoms with Gasteiger partial charge in [0.2, 0.25) is 0 Å². The summed E-state index contributed by atoms with van der Waals surface area (Å²) in [5, 5.41) is 7.80. The number of halogens is 1. The van der Waals surface area contributed by atoms with Crippen LogP contribution in [-0.4, -0.2) is 52.2 Å². The van der Waals surface area contributed by atoms with Crippen molar-refractivity contribution in [2.45, 2.75) is 6.92 Å². The van der Waals surface area contributed by atoms with Crippen molar-refractivity contribution in [1.29, 1.82) is 0 Å². The maximum Gasteiger partial charge on any atom is 0.272 e. The number of aromatic nitrogens is 3. The van der Waals surface area contributed by atoms with Gasteiger partial charge >= 0.3 is 0 Å². The number of pyridine rings is 1. The molecule has 0 bridgehead atoms. The van der Waals surface area contributed by atoms with Gasteiger partial charge in [-0.2, -0.15) is 5.10 Å². The number of hydrogen-bond acceptors (Lipinski definition) is 4. The zero-order valence-electron chi connectivity index (χ0n) is 15.0. The number of aryl methyl sites for hydroxylation is 1. The van der Waals surface area contributed by atoms with E-state index in [2.05, 4.69) is 27.0 Å². The Morgan fingerprint density at radius 2 is 1.89 bits per heavy atom. The molecule has 1 saturated heterocycles. The third kappa shape index (κ3) is 3.66. The molecule has 4 rings (SSSR count). The molecule has 0 unspecified atom stereocenters. The highest BCUT2D eigenvalue weighted by Crippen LogP contribution is 2.25. The second kappa shape index (κ2) is 7.40. The molecule has 0 atom stereocenters. The van der Waals surface area contributed by atoms with Gasteiger partial charge in [-0.15, -0.1) is 0 Å². The number of carbonyl (C=O) groups is 1. The number of piperazine rings is 1. The molecule has 6 nitrogen and oxygen atoms in total. The van der Waals surface area contributed by atoms with Crippen molar-refractivity contribution >= 4 is 23.2 Å². The highest BCUT2D eigenvalue weighted by molar-refractivity contribution is 6.30. The maximum atomic E-state index is 12.8. The lowest BCUT2D eigenvalue weighted by Crippen LogP contribution is -2.49. The lowest BCUT2D eigenvalue weighted by Gasteiger charge is -2.36. The first-order valence-corrected chi connectivity index (χ1v) is 9.27. The Morgan fingerprint density at radius 3 is 2.63 bits per heavy atom. The quantitative estimate of drug-likeness (QED) is 0.755. The van der Waals surface area contributed by atoms with Gasteiger partial charge in [-0.3, -0.25) is 14.9 Å². The summed E-state index contributed by atoms with van der Waals surface area (Å²) in [7, 11) is 0. The van der Waals surface area contributed by atoms with Crippen LogP contribution in [-0.2, 0) is 0 Å². The van der Waals surface area contributed by atoms with Crippen molar-refractivity contribution in [3.8, 4) is 11.4 Å². The minimum Gasteiger partial charge on any atom is -0.368 e. The van der Waals surface area contributed by atoms with Crippen LogP contribution in [0.4, 0.5) is 5.69 Å². The summed E-state index contributed by atoms with van der Waals surface area (Å²) in [6.07, 6.45) is 1.71. The van der Waals surface area contributed by atoms with E-state index in [0.29, 0.717) is 24.5 Å². The molecule has 0 radical (unpaired) electrons. The molecule has 1 aliphatic heterocycles. The molecule has 27 heavy (non-hydrogen) atoms. The fraction of sp³-hybridized carbons (Fsp3) is 0.250. The molecule has 0 spiro atoms. The number of aromatic amines is 1. The molecule has 0 saturated carbocycles. The van der Waals surface area contributed by atoms with Crippen LogP contribution in [0.2, 0.25) is 5.02 Å². The van der Waals surface area contributed by atoms with Crippen molar-refractivity contribution < 1.29 is 4.79 Å². The van der Waals surface area contributed by atoms with E-state index in [1.54, 1.807) is 12.3 Å². The number of rotatable bonds is 3. The standard InChI is InChI=1S/C20H20ClN5O/c1-14-5-6-15(21)12-19(14)25-8-10-26(11-9-25)20(27)18-13-17(23-24-18)16-4-2-3-7-22-16/h2-7,12-13H,8-11H2,1H3,(H,23,24).